The van der Waals surface area contributed by atoms with Crippen LogP contribution in [0.3, 0.4) is 0 Å². The molecule has 3 N–H and O–H groups in total. The largest absolute Gasteiger partial charge is 0.383 e. The lowest BCUT2D eigenvalue weighted by molar-refractivity contribution is -0.115. The number of nitrogen functional groups attached to an aromatic ring is 1. The topological polar surface area (TPSA) is 85.8 Å². The maximum atomic E-state index is 12.4. The Balaban J connectivity index is 1.60. The molecule has 29 heavy (non-hydrogen) atoms. The zero-order valence-electron chi connectivity index (χ0n) is 16.1. The summed E-state index contributed by atoms with van der Waals surface area (Å²) in [5.74, 6) is 0.353. The molecule has 0 saturated carbocycles. The summed E-state index contributed by atoms with van der Waals surface area (Å²) < 4.78 is 1.93. The van der Waals surface area contributed by atoms with Crippen LogP contribution >= 0.6 is 11.6 Å². The molecule has 4 aromatic rings. The van der Waals surface area contributed by atoms with E-state index in [1.54, 1.807) is 12.1 Å². The van der Waals surface area contributed by atoms with Gasteiger partial charge in [0.25, 0.3) is 0 Å². The molecule has 0 spiro atoms. The predicted octanol–water partition coefficient (Wildman–Crippen LogP) is 4.36. The molecule has 0 bridgehead atoms. The van der Waals surface area contributed by atoms with Crippen LogP contribution in [0.25, 0.3) is 22.2 Å². The summed E-state index contributed by atoms with van der Waals surface area (Å²) in [5.41, 5.74) is 11.5. The zero-order chi connectivity index (χ0) is 20.5. The number of benzene rings is 2. The maximum Gasteiger partial charge on any atom is 0.228 e. The number of hydrogen-bond acceptors (Lipinski definition) is 4. The molecule has 2 aromatic heterocycles. The summed E-state index contributed by atoms with van der Waals surface area (Å²) in [6.07, 6.45) is 3.72. The summed E-state index contributed by atoms with van der Waals surface area (Å²) in [5, 5.41) is 4.40. The third kappa shape index (κ3) is 3.79. The van der Waals surface area contributed by atoms with Crippen LogP contribution in [-0.2, 0) is 18.3 Å². The smallest absolute Gasteiger partial charge is 0.228 e. The molecule has 2 heterocycles. The second-order valence-electron chi connectivity index (χ2n) is 7.00. The van der Waals surface area contributed by atoms with Gasteiger partial charge in [0.05, 0.1) is 11.8 Å². The molecule has 1 amide bonds. The van der Waals surface area contributed by atoms with Gasteiger partial charge in [0, 0.05) is 29.5 Å². The highest BCUT2D eigenvalue weighted by Crippen LogP contribution is 2.34. The molecular formula is C22H20ClN5O. The van der Waals surface area contributed by atoms with E-state index in [9.17, 15) is 4.79 Å². The summed E-state index contributed by atoms with van der Waals surface area (Å²) in [7, 11) is 1.93. The number of rotatable bonds is 4. The summed E-state index contributed by atoms with van der Waals surface area (Å²) in [6.45, 7) is 2.00. The van der Waals surface area contributed by atoms with Crippen molar-refractivity contribution >= 4 is 40.0 Å². The lowest BCUT2D eigenvalue weighted by atomic mass is 10.00. The van der Waals surface area contributed by atoms with Crippen molar-refractivity contribution in [1.82, 2.24) is 14.5 Å². The van der Waals surface area contributed by atoms with Gasteiger partial charge in [-0.1, -0.05) is 29.8 Å². The number of amides is 1. The van der Waals surface area contributed by atoms with Crippen LogP contribution in [0, 0.1) is 6.92 Å². The molecule has 0 saturated heterocycles. The Labute approximate surface area is 173 Å². The Morgan fingerprint density at radius 1 is 1.17 bits per heavy atom. The Morgan fingerprint density at radius 2 is 2.00 bits per heavy atom. The predicted molar refractivity (Wildman–Crippen MR) is 117 cm³/mol. The van der Waals surface area contributed by atoms with Crippen LogP contribution in [0.5, 0.6) is 0 Å². The molecule has 0 unspecified atom stereocenters. The highest BCUT2D eigenvalue weighted by Gasteiger charge is 2.15. The average Bonchev–Trinajstić information content (AvgIpc) is 3.00. The van der Waals surface area contributed by atoms with Crippen molar-refractivity contribution in [1.29, 1.82) is 0 Å². The molecule has 6 nitrogen and oxygen atoms in total. The maximum absolute atomic E-state index is 12.4. The van der Waals surface area contributed by atoms with Gasteiger partial charge >= 0.3 is 0 Å². The van der Waals surface area contributed by atoms with Gasteiger partial charge in [-0.15, -0.1) is 0 Å². The van der Waals surface area contributed by atoms with Crippen molar-refractivity contribution in [2.45, 2.75) is 13.3 Å². The average molecular weight is 406 g/mol. The summed E-state index contributed by atoms with van der Waals surface area (Å²) in [4.78, 5) is 20.8. The standard InChI is InChI=1S/C22H20ClN5O/c1-13-8-16(27-19(29)10-14-4-3-5-15(23)9-14)6-7-17(13)18-11-28(2)22-20(18)21(24)25-12-26-22/h3-9,11-12H,10H2,1-2H3,(H,27,29)(H2,24,25,26). The first-order valence-corrected chi connectivity index (χ1v) is 9.51. The Bertz CT molecular complexity index is 1230. The van der Waals surface area contributed by atoms with Crippen molar-refractivity contribution in [3.63, 3.8) is 0 Å². The third-order valence-corrected chi connectivity index (χ3v) is 5.07. The van der Waals surface area contributed by atoms with Gasteiger partial charge in [-0.05, 0) is 47.9 Å². The molecule has 4 rings (SSSR count). The fourth-order valence-corrected chi connectivity index (χ4v) is 3.73. The number of carbonyl (C=O) groups is 1. The molecule has 0 aliphatic carbocycles. The second kappa shape index (κ2) is 7.56. The minimum absolute atomic E-state index is 0.0952. The van der Waals surface area contributed by atoms with E-state index in [2.05, 4.69) is 15.3 Å². The monoisotopic (exact) mass is 405 g/mol. The molecule has 0 fully saturated rings. The van der Waals surface area contributed by atoms with E-state index in [1.165, 1.54) is 6.33 Å². The first kappa shape index (κ1) is 19.0. The van der Waals surface area contributed by atoms with Crippen LogP contribution in [0.2, 0.25) is 5.02 Å². The SMILES string of the molecule is Cc1cc(NC(=O)Cc2cccc(Cl)c2)ccc1-c1cn(C)c2ncnc(N)c12. The first-order valence-electron chi connectivity index (χ1n) is 9.13. The molecule has 0 radical (unpaired) electrons. The fraction of sp³-hybridized carbons (Fsp3) is 0.136. The van der Waals surface area contributed by atoms with E-state index in [0.717, 1.165) is 39.0 Å². The number of nitrogens with zero attached hydrogens (tertiary/aromatic N) is 3. The van der Waals surface area contributed by atoms with E-state index >= 15 is 0 Å². The van der Waals surface area contributed by atoms with Crippen molar-refractivity contribution in [3.8, 4) is 11.1 Å². The zero-order valence-corrected chi connectivity index (χ0v) is 16.9. The number of anilines is 2. The Kier molecular flexibility index (Phi) is 4.94. The number of nitrogens with one attached hydrogen (secondary N) is 1. The van der Waals surface area contributed by atoms with Crippen molar-refractivity contribution < 1.29 is 4.79 Å². The third-order valence-electron chi connectivity index (χ3n) is 4.84. The van der Waals surface area contributed by atoms with E-state index in [1.807, 2.05) is 55.1 Å². The quantitative estimate of drug-likeness (QED) is 0.528. The van der Waals surface area contributed by atoms with E-state index in [4.69, 9.17) is 17.3 Å². The number of carbonyl (C=O) groups excluding carboxylic acids is 1. The normalized spacial score (nSPS) is 11.0. The van der Waals surface area contributed by atoms with Crippen LogP contribution in [0.4, 0.5) is 11.5 Å². The van der Waals surface area contributed by atoms with Crippen LogP contribution < -0.4 is 11.1 Å². The minimum Gasteiger partial charge on any atom is -0.383 e. The van der Waals surface area contributed by atoms with Crippen molar-refractivity contribution in [2.24, 2.45) is 7.05 Å². The molecule has 0 aliphatic rings. The van der Waals surface area contributed by atoms with E-state index in [0.29, 0.717) is 10.8 Å². The molecule has 7 heteroatoms. The van der Waals surface area contributed by atoms with Crippen LogP contribution in [-0.4, -0.2) is 20.4 Å². The van der Waals surface area contributed by atoms with E-state index < -0.39 is 0 Å². The molecule has 2 aromatic carbocycles. The molecular weight excluding hydrogens is 386 g/mol. The number of aryl methyl sites for hydroxylation is 2. The summed E-state index contributed by atoms with van der Waals surface area (Å²) >= 11 is 5.99. The second-order valence-corrected chi connectivity index (χ2v) is 7.43. The lowest BCUT2D eigenvalue weighted by Gasteiger charge is -2.10. The number of aromatic nitrogens is 3. The van der Waals surface area contributed by atoms with Crippen molar-refractivity contribution in [2.75, 3.05) is 11.1 Å². The molecule has 0 aliphatic heterocycles. The van der Waals surface area contributed by atoms with Gasteiger partial charge in [0.2, 0.25) is 5.91 Å². The molecule has 0 atom stereocenters. The van der Waals surface area contributed by atoms with Gasteiger partial charge in [0.1, 0.15) is 17.8 Å². The summed E-state index contributed by atoms with van der Waals surface area (Å²) in [6, 6.07) is 13.1. The Morgan fingerprint density at radius 3 is 2.76 bits per heavy atom. The number of halogens is 1. The van der Waals surface area contributed by atoms with Crippen LogP contribution in [0.15, 0.2) is 55.0 Å². The van der Waals surface area contributed by atoms with Crippen LogP contribution in [0.1, 0.15) is 11.1 Å². The van der Waals surface area contributed by atoms with Crippen molar-refractivity contribution in [3.05, 3.63) is 71.1 Å². The van der Waals surface area contributed by atoms with Gasteiger partial charge in [-0.25, -0.2) is 9.97 Å². The lowest BCUT2D eigenvalue weighted by Crippen LogP contribution is -2.14. The Hall–Kier alpha value is -3.38. The minimum atomic E-state index is -0.0952. The number of fused-ring (bicyclic) bond motifs is 1. The van der Waals surface area contributed by atoms with Gasteiger partial charge < -0.3 is 15.6 Å². The highest BCUT2D eigenvalue weighted by molar-refractivity contribution is 6.30. The highest BCUT2D eigenvalue weighted by atomic mass is 35.5. The fourth-order valence-electron chi connectivity index (χ4n) is 3.52. The number of hydrogen-bond donors (Lipinski definition) is 2. The molecule has 146 valence electrons. The van der Waals surface area contributed by atoms with Gasteiger partial charge in [-0.2, -0.15) is 0 Å². The van der Waals surface area contributed by atoms with Gasteiger partial charge in [-0.3, -0.25) is 4.79 Å². The van der Waals surface area contributed by atoms with E-state index in [-0.39, 0.29) is 12.3 Å². The first-order chi connectivity index (χ1) is 13.9. The van der Waals surface area contributed by atoms with Gasteiger partial charge in [0.15, 0.2) is 0 Å². The number of nitrogens with two attached hydrogens (primary N) is 1.